The zero-order valence-electron chi connectivity index (χ0n) is 19.6. The molecule has 1 saturated carbocycles. The molecule has 1 aromatic carbocycles. The van der Waals surface area contributed by atoms with Gasteiger partial charge < -0.3 is 15.8 Å². The summed E-state index contributed by atoms with van der Waals surface area (Å²) in [6, 6.07) is 9.10. The lowest BCUT2D eigenvalue weighted by Gasteiger charge is -2.21. The standard InChI is InChI=1S/C26H35N3O3S/c1-29-12-10-20(11-13-29)8-9-25(30)21-16-22(27)18-23(17-21)28-26(31)19-33-15-5-14-32-24-6-3-2-4-7-24/h10-13,16-18,24H,2-9,14-15,19,27H2,1H3/p+1. The number of hydrogen-bond acceptors (Lipinski definition) is 5. The number of thioether (sulfide) groups is 1. The van der Waals surface area contributed by atoms with Gasteiger partial charge in [-0.1, -0.05) is 19.3 Å². The van der Waals surface area contributed by atoms with E-state index in [0.29, 0.717) is 41.6 Å². The molecule has 3 N–H and O–H groups in total. The molecule has 1 aliphatic rings. The van der Waals surface area contributed by atoms with E-state index in [2.05, 4.69) is 5.32 Å². The summed E-state index contributed by atoms with van der Waals surface area (Å²) < 4.78 is 7.89. The van der Waals surface area contributed by atoms with Gasteiger partial charge in [0.2, 0.25) is 5.91 Å². The van der Waals surface area contributed by atoms with Gasteiger partial charge >= 0.3 is 0 Å². The first-order chi connectivity index (χ1) is 16.0. The highest BCUT2D eigenvalue weighted by molar-refractivity contribution is 7.99. The third kappa shape index (κ3) is 9.18. The van der Waals surface area contributed by atoms with Crippen LogP contribution in [0.2, 0.25) is 0 Å². The smallest absolute Gasteiger partial charge is 0.234 e. The van der Waals surface area contributed by atoms with Crippen LogP contribution in [0.1, 0.15) is 60.9 Å². The summed E-state index contributed by atoms with van der Waals surface area (Å²) in [5.74, 6) is 1.18. The fourth-order valence-corrected chi connectivity index (χ4v) is 4.71. The van der Waals surface area contributed by atoms with Crippen LogP contribution in [0, 0.1) is 0 Å². The first-order valence-corrected chi connectivity index (χ1v) is 13.0. The molecule has 7 heteroatoms. The van der Waals surface area contributed by atoms with Crippen molar-refractivity contribution in [2.75, 3.05) is 29.2 Å². The van der Waals surface area contributed by atoms with E-state index < -0.39 is 0 Å². The molecule has 33 heavy (non-hydrogen) atoms. The predicted molar refractivity (Wildman–Crippen MR) is 135 cm³/mol. The Labute approximate surface area is 201 Å². The summed E-state index contributed by atoms with van der Waals surface area (Å²) in [5, 5.41) is 2.87. The molecular weight excluding hydrogens is 434 g/mol. The van der Waals surface area contributed by atoms with Gasteiger partial charge in [-0.05, 0) is 55.2 Å². The molecule has 1 fully saturated rings. The van der Waals surface area contributed by atoms with E-state index in [1.807, 2.05) is 36.1 Å². The normalized spacial score (nSPS) is 14.2. The van der Waals surface area contributed by atoms with Gasteiger partial charge in [0.25, 0.3) is 0 Å². The van der Waals surface area contributed by atoms with E-state index in [4.69, 9.17) is 10.5 Å². The zero-order chi connectivity index (χ0) is 23.5. The van der Waals surface area contributed by atoms with E-state index in [-0.39, 0.29) is 11.7 Å². The van der Waals surface area contributed by atoms with Crippen LogP contribution in [0.3, 0.4) is 0 Å². The number of ketones is 1. The zero-order valence-corrected chi connectivity index (χ0v) is 20.4. The van der Waals surface area contributed by atoms with Crippen LogP contribution in [-0.4, -0.2) is 35.9 Å². The molecule has 0 radical (unpaired) electrons. The number of nitrogens with zero attached hydrogens (tertiary/aromatic N) is 1. The number of aryl methyl sites for hydroxylation is 2. The summed E-state index contributed by atoms with van der Waals surface area (Å²) in [4.78, 5) is 25.0. The Bertz CT molecular complexity index is 911. The van der Waals surface area contributed by atoms with Crippen LogP contribution in [0.4, 0.5) is 11.4 Å². The molecule has 1 amide bonds. The first kappa shape index (κ1) is 25.2. The van der Waals surface area contributed by atoms with Crippen molar-refractivity contribution < 1.29 is 18.9 Å². The van der Waals surface area contributed by atoms with Crippen LogP contribution in [0.15, 0.2) is 42.7 Å². The maximum absolute atomic E-state index is 12.7. The van der Waals surface area contributed by atoms with E-state index in [1.54, 1.807) is 30.0 Å². The van der Waals surface area contributed by atoms with Crippen LogP contribution >= 0.6 is 11.8 Å². The third-order valence-corrected chi connectivity index (χ3v) is 6.86. The number of benzene rings is 1. The van der Waals surface area contributed by atoms with Crippen molar-refractivity contribution in [2.45, 2.75) is 57.5 Å². The third-order valence-electron chi connectivity index (χ3n) is 5.82. The fourth-order valence-electron chi connectivity index (χ4n) is 3.99. The van der Waals surface area contributed by atoms with Crippen LogP contribution in [-0.2, 0) is 23.0 Å². The number of hydrogen-bond donors (Lipinski definition) is 2. The molecule has 1 aromatic heterocycles. The number of Topliss-reactive ketones (excluding diaryl/α,β-unsaturated/α-hetero) is 1. The maximum atomic E-state index is 12.7. The van der Waals surface area contributed by atoms with Crippen molar-refractivity contribution in [3.05, 3.63) is 53.9 Å². The first-order valence-electron chi connectivity index (χ1n) is 11.9. The predicted octanol–water partition coefficient (Wildman–Crippen LogP) is 4.32. The van der Waals surface area contributed by atoms with E-state index in [1.165, 1.54) is 32.1 Å². The number of rotatable bonds is 12. The Kier molecular flexibility index (Phi) is 10.2. The summed E-state index contributed by atoms with van der Waals surface area (Å²) in [5.41, 5.74) is 8.66. The molecule has 0 unspecified atom stereocenters. The number of nitrogen functional groups attached to an aromatic ring is 1. The number of amides is 1. The number of pyridine rings is 1. The van der Waals surface area contributed by atoms with Gasteiger partial charge in [0.15, 0.2) is 18.2 Å². The highest BCUT2D eigenvalue weighted by Gasteiger charge is 2.13. The summed E-state index contributed by atoms with van der Waals surface area (Å²) in [7, 11) is 1.96. The second-order valence-electron chi connectivity index (χ2n) is 8.72. The van der Waals surface area contributed by atoms with Crippen molar-refractivity contribution in [3.8, 4) is 0 Å². The lowest BCUT2D eigenvalue weighted by molar-refractivity contribution is -0.671. The highest BCUT2D eigenvalue weighted by Crippen LogP contribution is 2.21. The van der Waals surface area contributed by atoms with Crippen molar-refractivity contribution in [3.63, 3.8) is 0 Å². The Hall–Kier alpha value is -2.38. The molecular formula is C26H36N3O3S+. The van der Waals surface area contributed by atoms with Crippen molar-refractivity contribution in [1.29, 1.82) is 0 Å². The van der Waals surface area contributed by atoms with Crippen LogP contribution < -0.4 is 15.6 Å². The molecule has 6 nitrogen and oxygen atoms in total. The van der Waals surface area contributed by atoms with E-state index in [0.717, 1.165) is 24.3 Å². The van der Waals surface area contributed by atoms with Crippen molar-refractivity contribution >= 4 is 34.8 Å². The Morgan fingerprint density at radius 1 is 1.15 bits per heavy atom. The lowest BCUT2D eigenvalue weighted by Crippen LogP contribution is -2.26. The molecule has 1 heterocycles. The number of anilines is 2. The quantitative estimate of drug-likeness (QED) is 0.209. The minimum atomic E-state index is -0.0886. The minimum absolute atomic E-state index is 0.0124. The van der Waals surface area contributed by atoms with Gasteiger partial charge in [-0.15, -0.1) is 0 Å². The SMILES string of the molecule is C[n+]1ccc(CCC(=O)c2cc(N)cc(NC(=O)CSCCCOC3CCCCC3)c2)cc1. The second-order valence-corrected chi connectivity index (χ2v) is 9.83. The van der Waals surface area contributed by atoms with E-state index >= 15 is 0 Å². The van der Waals surface area contributed by atoms with Crippen LogP contribution in [0.25, 0.3) is 0 Å². The maximum Gasteiger partial charge on any atom is 0.234 e. The van der Waals surface area contributed by atoms with Gasteiger partial charge in [0.05, 0.1) is 11.9 Å². The number of carbonyl (C=O) groups is 2. The molecule has 0 bridgehead atoms. The molecule has 0 spiro atoms. The van der Waals surface area contributed by atoms with Gasteiger partial charge in [0, 0.05) is 42.1 Å². The van der Waals surface area contributed by atoms with Crippen molar-refractivity contribution in [2.24, 2.45) is 7.05 Å². The topological polar surface area (TPSA) is 85.3 Å². The highest BCUT2D eigenvalue weighted by atomic mass is 32.2. The molecule has 2 aromatic rings. The number of nitrogens with two attached hydrogens (primary N) is 1. The number of ether oxygens (including phenoxy) is 1. The summed E-state index contributed by atoms with van der Waals surface area (Å²) >= 11 is 1.60. The molecule has 0 atom stereocenters. The molecule has 3 rings (SSSR count). The molecule has 0 aliphatic heterocycles. The Morgan fingerprint density at radius 2 is 1.91 bits per heavy atom. The Morgan fingerprint density at radius 3 is 2.67 bits per heavy atom. The van der Waals surface area contributed by atoms with Gasteiger partial charge in [-0.3, -0.25) is 9.59 Å². The van der Waals surface area contributed by atoms with E-state index in [9.17, 15) is 9.59 Å². The average Bonchev–Trinajstić information content (AvgIpc) is 2.81. The van der Waals surface area contributed by atoms with Gasteiger partial charge in [-0.25, -0.2) is 4.57 Å². The molecule has 178 valence electrons. The van der Waals surface area contributed by atoms with Gasteiger partial charge in [-0.2, -0.15) is 11.8 Å². The Balaban J connectivity index is 1.38. The minimum Gasteiger partial charge on any atom is -0.399 e. The van der Waals surface area contributed by atoms with Crippen LogP contribution in [0.5, 0.6) is 0 Å². The monoisotopic (exact) mass is 470 g/mol. The number of nitrogens with one attached hydrogen (secondary N) is 1. The number of aromatic nitrogens is 1. The largest absolute Gasteiger partial charge is 0.399 e. The molecule has 1 aliphatic carbocycles. The summed E-state index contributed by atoms with van der Waals surface area (Å²) in [6.07, 6.45) is 12.6. The summed E-state index contributed by atoms with van der Waals surface area (Å²) in [6.45, 7) is 0.765. The average molecular weight is 471 g/mol. The fraction of sp³-hybridized carbons (Fsp3) is 0.500. The van der Waals surface area contributed by atoms with Gasteiger partial charge in [0.1, 0.15) is 7.05 Å². The molecule has 0 saturated heterocycles. The second kappa shape index (κ2) is 13.4. The number of carbonyl (C=O) groups excluding carboxylic acids is 2. The van der Waals surface area contributed by atoms with Crippen molar-refractivity contribution in [1.82, 2.24) is 0 Å². The lowest BCUT2D eigenvalue weighted by atomic mass is 9.98.